The number of nitrogens with zero attached hydrogens (tertiary/aromatic N) is 8. The van der Waals surface area contributed by atoms with Gasteiger partial charge in [-0.1, -0.05) is 10.3 Å². The SMILES string of the molecule is CON=C1CN(c2nc3c(cc2F)c(=O)c(C(=O)OC(=O)c2cn(C4CC4)c4nc(N5CC(=NOC)C(CN)C5)c(F)cc4c2=O)cn3C2CC2)CC1CN.CS(=O)(=O)O. The Labute approximate surface area is 340 Å². The lowest BCUT2D eigenvalue weighted by atomic mass is 10.1. The molecule has 320 valence electrons. The lowest BCUT2D eigenvalue weighted by Crippen LogP contribution is -2.28. The monoisotopic (exact) mass is 856 g/mol. The highest BCUT2D eigenvalue weighted by molar-refractivity contribution is 7.85. The van der Waals surface area contributed by atoms with Crippen LogP contribution in [0, 0.1) is 23.5 Å². The van der Waals surface area contributed by atoms with Crippen LogP contribution in [0.25, 0.3) is 22.1 Å². The molecule has 5 N–H and O–H groups in total. The van der Waals surface area contributed by atoms with Gasteiger partial charge in [-0.3, -0.25) is 14.1 Å². The van der Waals surface area contributed by atoms with Crippen molar-refractivity contribution >= 4 is 67.2 Å². The van der Waals surface area contributed by atoms with Crippen molar-refractivity contribution in [2.75, 3.05) is 69.5 Å². The second-order valence-electron chi connectivity index (χ2n) is 14.9. The van der Waals surface area contributed by atoms with Crippen LogP contribution in [-0.4, -0.2) is 115 Å². The number of anilines is 2. The third-order valence-electron chi connectivity index (χ3n) is 10.5. The molecular weight excluding hydrogens is 815 g/mol. The molecular formula is C37H42F2N10O10S. The smallest absolute Gasteiger partial charge is 0.351 e. The second-order valence-corrected chi connectivity index (χ2v) is 16.4. The van der Waals surface area contributed by atoms with Crippen LogP contribution in [0.2, 0.25) is 0 Å². The Morgan fingerprint density at radius 2 is 1.15 bits per heavy atom. The maximum atomic E-state index is 15.7. The lowest BCUT2D eigenvalue weighted by molar-refractivity contribution is 0.0395. The maximum absolute atomic E-state index is 15.7. The number of fused-ring (bicyclic) bond motifs is 2. The van der Waals surface area contributed by atoms with Crippen molar-refractivity contribution in [1.29, 1.82) is 0 Å². The van der Waals surface area contributed by atoms with Crippen LogP contribution >= 0.6 is 0 Å². The minimum absolute atomic E-state index is 0.0160. The van der Waals surface area contributed by atoms with E-state index in [0.29, 0.717) is 56.5 Å². The summed E-state index contributed by atoms with van der Waals surface area (Å²) >= 11 is 0. The normalized spacial score (nSPS) is 20.5. The fourth-order valence-electron chi connectivity index (χ4n) is 7.37. The zero-order valence-electron chi connectivity index (χ0n) is 32.7. The predicted molar refractivity (Wildman–Crippen MR) is 214 cm³/mol. The third-order valence-corrected chi connectivity index (χ3v) is 10.5. The number of oxime groups is 2. The lowest BCUT2D eigenvalue weighted by Gasteiger charge is -2.20. The van der Waals surface area contributed by atoms with Crippen LogP contribution in [0.15, 0.2) is 44.4 Å². The van der Waals surface area contributed by atoms with Crippen molar-refractivity contribution in [2.45, 2.75) is 37.8 Å². The molecule has 2 atom stereocenters. The average molecular weight is 857 g/mol. The van der Waals surface area contributed by atoms with Crippen LogP contribution in [0.4, 0.5) is 20.4 Å². The number of ether oxygens (including phenoxy) is 1. The first kappa shape index (κ1) is 42.2. The van der Waals surface area contributed by atoms with E-state index >= 15 is 8.78 Å². The Kier molecular flexibility index (Phi) is 11.7. The summed E-state index contributed by atoms with van der Waals surface area (Å²) in [6.45, 7) is 1.60. The Bertz CT molecular complexity index is 2520. The number of hydrogen-bond acceptors (Lipinski definition) is 17. The van der Waals surface area contributed by atoms with Gasteiger partial charge in [0.15, 0.2) is 23.3 Å². The van der Waals surface area contributed by atoms with Gasteiger partial charge < -0.3 is 44.8 Å². The largest absolute Gasteiger partial charge is 0.399 e. The van der Waals surface area contributed by atoms with E-state index in [1.165, 1.54) is 26.6 Å². The molecule has 4 aliphatic rings. The quantitative estimate of drug-likeness (QED) is 0.0879. The zero-order valence-corrected chi connectivity index (χ0v) is 33.5. The number of esters is 2. The van der Waals surface area contributed by atoms with Gasteiger partial charge in [-0.25, -0.2) is 28.3 Å². The van der Waals surface area contributed by atoms with Crippen molar-refractivity contribution < 1.29 is 45.8 Å². The van der Waals surface area contributed by atoms with Gasteiger partial charge in [0.25, 0.3) is 10.1 Å². The molecule has 0 spiro atoms. The molecule has 20 nitrogen and oxygen atoms in total. The van der Waals surface area contributed by atoms with Crippen molar-refractivity contribution in [3.05, 3.63) is 67.7 Å². The van der Waals surface area contributed by atoms with Gasteiger partial charge in [0.1, 0.15) is 36.6 Å². The summed E-state index contributed by atoms with van der Waals surface area (Å²) in [6.07, 6.45) is 6.05. The van der Waals surface area contributed by atoms with Crippen molar-refractivity contribution in [3.8, 4) is 0 Å². The van der Waals surface area contributed by atoms with Crippen molar-refractivity contribution in [3.63, 3.8) is 0 Å². The molecule has 2 unspecified atom stereocenters. The molecule has 0 bridgehead atoms. The molecule has 0 amide bonds. The Balaban J connectivity index is 0.00000103. The molecule has 23 heteroatoms. The van der Waals surface area contributed by atoms with E-state index < -0.39 is 55.7 Å². The molecule has 2 aliphatic carbocycles. The molecule has 2 aliphatic heterocycles. The van der Waals surface area contributed by atoms with E-state index in [4.69, 9.17) is 30.4 Å². The average Bonchev–Trinajstić information content (AvgIpc) is 4.13. The van der Waals surface area contributed by atoms with Gasteiger partial charge >= 0.3 is 11.9 Å². The molecule has 8 rings (SSSR count). The number of hydrogen-bond donors (Lipinski definition) is 3. The van der Waals surface area contributed by atoms with Crippen LogP contribution < -0.4 is 32.1 Å². The summed E-state index contributed by atoms with van der Waals surface area (Å²) in [5.74, 6) is -4.70. The van der Waals surface area contributed by atoms with Crippen LogP contribution in [0.5, 0.6) is 0 Å². The van der Waals surface area contributed by atoms with Crippen LogP contribution in [-0.2, 0) is 24.5 Å². The minimum atomic E-state index is -3.67. The highest BCUT2D eigenvalue weighted by Crippen LogP contribution is 2.39. The summed E-state index contributed by atoms with van der Waals surface area (Å²) in [5, 5.41) is 7.66. The Hall–Kier alpha value is -5.91. The van der Waals surface area contributed by atoms with Gasteiger partial charge in [-0.05, 0) is 37.8 Å². The van der Waals surface area contributed by atoms with Gasteiger partial charge in [0, 0.05) is 62.5 Å². The highest BCUT2D eigenvalue weighted by atomic mass is 32.2. The first-order chi connectivity index (χ1) is 28.5. The third kappa shape index (κ3) is 8.55. The molecule has 0 aromatic carbocycles. The molecule has 2 saturated carbocycles. The first-order valence-electron chi connectivity index (χ1n) is 18.8. The summed E-state index contributed by atoms with van der Waals surface area (Å²) in [6, 6.07) is 1.74. The number of rotatable bonds is 10. The zero-order chi connectivity index (χ0) is 43.2. The second kappa shape index (κ2) is 16.6. The molecule has 2 saturated heterocycles. The molecule has 4 fully saturated rings. The van der Waals surface area contributed by atoms with Crippen molar-refractivity contribution in [1.82, 2.24) is 19.1 Å². The van der Waals surface area contributed by atoms with E-state index in [9.17, 15) is 27.6 Å². The minimum Gasteiger partial charge on any atom is -0.399 e. The first-order valence-corrected chi connectivity index (χ1v) is 20.7. The van der Waals surface area contributed by atoms with E-state index in [1.54, 1.807) is 18.9 Å². The fourth-order valence-corrected chi connectivity index (χ4v) is 7.37. The number of aromatic nitrogens is 4. The summed E-state index contributed by atoms with van der Waals surface area (Å²) in [4.78, 5) is 76.8. The molecule has 4 aromatic rings. The van der Waals surface area contributed by atoms with Crippen LogP contribution in [0.3, 0.4) is 0 Å². The van der Waals surface area contributed by atoms with Gasteiger partial charge in [-0.15, -0.1) is 0 Å². The van der Waals surface area contributed by atoms with E-state index in [1.807, 2.05) is 0 Å². The number of pyridine rings is 4. The molecule has 6 heterocycles. The highest BCUT2D eigenvalue weighted by Gasteiger charge is 2.36. The Morgan fingerprint density at radius 1 is 0.783 bits per heavy atom. The summed E-state index contributed by atoms with van der Waals surface area (Å²) in [7, 11) is -0.850. The van der Waals surface area contributed by atoms with E-state index in [-0.39, 0.29) is 83.8 Å². The fraction of sp³-hybridized carbons (Fsp3) is 0.459. The Morgan fingerprint density at radius 3 is 1.47 bits per heavy atom. The number of carbonyl (C=O) groups excluding carboxylic acids is 2. The summed E-state index contributed by atoms with van der Waals surface area (Å²) in [5.41, 5.74) is 10.5. The topological polar surface area (TPSA) is 269 Å². The van der Waals surface area contributed by atoms with Crippen molar-refractivity contribution in [2.24, 2.45) is 33.6 Å². The summed E-state index contributed by atoms with van der Waals surface area (Å²) < 4.78 is 65.6. The molecule has 0 radical (unpaired) electrons. The number of carbonyl (C=O) groups is 2. The molecule has 4 aromatic heterocycles. The van der Waals surface area contributed by atoms with E-state index in [2.05, 4.69) is 20.3 Å². The van der Waals surface area contributed by atoms with Gasteiger partial charge in [0.2, 0.25) is 10.9 Å². The standard InChI is InChI=1S/C36H38F2N10O7.CH4O3S/c1-53-43-27-15-45(11-17(27)9-39)33-25(37)7-21-29(49)23(13-47(19-3-4-19)31(21)41-33)35(51)55-36(52)24-14-48(20-5-6-20)32-22(30(24)50)8-26(38)34(42-32)46-12-18(10-40)28(16-46)44-54-2;1-5(2,3)4/h7-8,13-14,17-20H,3-6,9-12,15-16,39-40H2,1-2H3;1H3,(H,2,3,4). The number of halogens is 2. The maximum Gasteiger partial charge on any atom is 0.351 e. The predicted octanol–water partition coefficient (Wildman–Crippen LogP) is 1.35. The van der Waals surface area contributed by atoms with Crippen LogP contribution in [0.1, 0.15) is 58.5 Å². The van der Waals surface area contributed by atoms with Gasteiger partial charge in [0.05, 0.1) is 41.5 Å². The number of nitrogens with two attached hydrogens (primary N) is 2. The van der Waals surface area contributed by atoms with Gasteiger partial charge in [-0.2, -0.15) is 8.42 Å². The van der Waals surface area contributed by atoms with E-state index in [0.717, 1.165) is 12.1 Å². The molecule has 60 heavy (non-hydrogen) atoms.